The number of hydrogen-bond donors (Lipinski definition) is 2. The summed E-state index contributed by atoms with van der Waals surface area (Å²) >= 11 is 1.46. The van der Waals surface area contributed by atoms with E-state index < -0.39 is 0 Å². The summed E-state index contributed by atoms with van der Waals surface area (Å²) in [5, 5.41) is 15.4. The lowest BCUT2D eigenvalue weighted by atomic mass is 10.2. The Morgan fingerprint density at radius 2 is 2.40 bits per heavy atom. The van der Waals surface area contributed by atoms with Crippen molar-refractivity contribution in [1.29, 1.82) is 0 Å². The highest BCUT2D eigenvalue weighted by Gasteiger charge is 2.23. The van der Waals surface area contributed by atoms with Gasteiger partial charge in [0.15, 0.2) is 0 Å². The minimum absolute atomic E-state index is 0.0302. The van der Waals surface area contributed by atoms with E-state index in [1.54, 1.807) is 16.3 Å². The lowest BCUT2D eigenvalue weighted by Gasteiger charge is -2.32. The van der Waals surface area contributed by atoms with Gasteiger partial charge in [-0.3, -0.25) is 9.59 Å². The van der Waals surface area contributed by atoms with Gasteiger partial charge < -0.3 is 20.1 Å². The fourth-order valence-electron chi connectivity index (χ4n) is 1.99. The minimum atomic E-state index is -0.298. The molecule has 1 aromatic heterocycles. The number of amides is 2. The summed E-state index contributed by atoms with van der Waals surface area (Å²) in [6.45, 7) is 1.62. The van der Waals surface area contributed by atoms with Gasteiger partial charge in [0.2, 0.25) is 5.91 Å². The number of carbonyl (C=O) groups excluding carboxylic acids is 2. The molecule has 1 saturated heterocycles. The third-order valence-corrected chi connectivity index (χ3v) is 3.79. The van der Waals surface area contributed by atoms with Crippen molar-refractivity contribution in [3.8, 4) is 0 Å². The molecule has 0 bridgehead atoms. The van der Waals surface area contributed by atoms with Gasteiger partial charge in [-0.1, -0.05) is 0 Å². The maximum atomic E-state index is 12.0. The van der Waals surface area contributed by atoms with Crippen LogP contribution in [0, 0.1) is 0 Å². The molecule has 0 spiro atoms. The number of rotatable bonds is 5. The Balaban J connectivity index is 1.71. The number of morpholine rings is 1. The quantitative estimate of drug-likeness (QED) is 0.807. The molecule has 110 valence electrons. The van der Waals surface area contributed by atoms with Crippen LogP contribution in [-0.2, 0) is 9.53 Å². The van der Waals surface area contributed by atoms with Crippen LogP contribution in [0.3, 0.4) is 0 Å². The van der Waals surface area contributed by atoms with Crippen LogP contribution in [0.15, 0.2) is 16.8 Å². The van der Waals surface area contributed by atoms with E-state index in [-0.39, 0.29) is 30.9 Å². The molecule has 2 heterocycles. The third kappa shape index (κ3) is 4.03. The van der Waals surface area contributed by atoms with E-state index in [9.17, 15) is 9.59 Å². The molecule has 0 radical (unpaired) electrons. The van der Waals surface area contributed by atoms with E-state index >= 15 is 0 Å². The molecule has 6 nitrogen and oxygen atoms in total. The Morgan fingerprint density at radius 3 is 3.10 bits per heavy atom. The lowest BCUT2D eigenvalue weighted by Crippen LogP contribution is -2.47. The largest absolute Gasteiger partial charge is 0.394 e. The van der Waals surface area contributed by atoms with Gasteiger partial charge >= 0.3 is 0 Å². The highest BCUT2D eigenvalue weighted by molar-refractivity contribution is 7.08. The third-order valence-electron chi connectivity index (χ3n) is 3.10. The van der Waals surface area contributed by atoms with Gasteiger partial charge in [0.1, 0.15) is 0 Å². The van der Waals surface area contributed by atoms with E-state index in [0.717, 1.165) is 0 Å². The fourth-order valence-corrected chi connectivity index (χ4v) is 2.63. The van der Waals surface area contributed by atoms with E-state index in [0.29, 0.717) is 31.8 Å². The lowest BCUT2D eigenvalue weighted by molar-refractivity contribution is -0.140. The maximum absolute atomic E-state index is 12.0. The molecule has 1 unspecified atom stereocenters. The first kappa shape index (κ1) is 15.0. The van der Waals surface area contributed by atoms with Crippen molar-refractivity contribution >= 4 is 23.2 Å². The predicted octanol–water partition coefficient (Wildman–Crippen LogP) is 0.0877. The minimum Gasteiger partial charge on any atom is -0.394 e. The first-order valence-corrected chi connectivity index (χ1v) is 7.45. The normalized spacial score (nSPS) is 18.9. The second kappa shape index (κ2) is 7.37. The van der Waals surface area contributed by atoms with Crippen LogP contribution in [0.5, 0.6) is 0 Å². The molecular weight excluding hydrogens is 280 g/mol. The second-order valence-corrected chi connectivity index (χ2v) is 5.31. The molecule has 7 heteroatoms. The Kier molecular flexibility index (Phi) is 5.51. The van der Waals surface area contributed by atoms with Crippen LogP contribution in [0.2, 0.25) is 0 Å². The summed E-state index contributed by atoms with van der Waals surface area (Å²) in [6, 6.07) is 1.75. The molecule has 1 atom stereocenters. The Labute approximate surface area is 121 Å². The van der Waals surface area contributed by atoms with Crippen molar-refractivity contribution in [1.82, 2.24) is 10.2 Å². The number of ether oxygens (including phenoxy) is 1. The van der Waals surface area contributed by atoms with Gasteiger partial charge in [0, 0.05) is 37.0 Å². The maximum Gasteiger partial charge on any atom is 0.252 e. The van der Waals surface area contributed by atoms with Crippen LogP contribution in [0.4, 0.5) is 0 Å². The number of carbonyl (C=O) groups is 2. The number of hydrogen-bond acceptors (Lipinski definition) is 5. The van der Waals surface area contributed by atoms with E-state index in [4.69, 9.17) is 9.84 Å². The standard InChI is InChI=1S/C13H18N2O4S/c16-8-11-7-15(4-5-19-11)12(17)1-3-14-13(18)10-2-6-20-9-10/h2,6,9,11,16H,1,3-5,7-8H2,(H,14,18). The van der Waals surface area contributed by atoms with E-state index in [2.05, 4.69) is 5.32 Å². The Hall–Kier alpha value is -1.44. The number of aliphatic hydroxyl groups is 1. The van der Waals surface area contributed by atoms with Gasteiger partial charge in [-0.2, -0.15) is 11.3 Å². The van der Waals surface area contributed by atoms with E-state index in [1.165, 1.54) is 11.3 Å². The van der Waals surface area contributed by atoms with Crippen molar-refractivity contribution in [2.45, 2.75) is 12.5 Å². The molecule has 2 N–H and O–H groups in total. The molecule has 0 aromatic carbocycles. The van der Waals surface area contributed by atoms with Crippen molar-refractivity contribution in [3.05, 3.63) is 22.4 Å². The zero-order chi connectivity index (χ0) is 14.4. The number of thiophene rings is 1. The molecule has 1 fully saturated rings. The SMILES string of the molecule is O=C(NCCC(=O)N1CCOC(CO)C1)c1ccsc1. The predicted molar refractivity (Wildman–Crippen MR) is 74.7 cm³/mol. The average Bonchev–Trinajstić information content (AvgIpc) is 3.01. The highest BCUT2D eigenvalue weighted by Crippen LogP contribution is 2.07. The highest BCUT2D eigenvalue weighted by atomic mass is 32.1. The molecule has 0 aliphatic carbocycles. The summed E-state index contributed by atoms with van der Waals surface area (Å²) < 4.78 is 5.29. The van der Waals surface area contributed by atoms with Crippen LogP contribution in [0.25, 0.3) is 0 Å². The second-order valence-electron chi connectivity index (χ2n) is 4.53. The molecule has 2 rings (SSSR count). The smallest absolute Gasteiger partial charge is 0.252 e. The number of aliphatic hydroxyl groups excluding tert-OH is 1. The number of nitrogens with one attached hydrogen (secondary N) is 1. The van der Waals surface area contributed by atoms with Crippen molar-refractivity contribution in [2.75, 3.05) is 32.8 Å². The van der Waals surface area contributed by atoms with Gasteiger partial charge in [-0.05, 0) is 11.4 Å². The summed E-state index contributed by atoms with van der Waals surface area (Å²) in [4.78, 5) is 25.3. The van der Waals surface area contributed by atoms with Crippen LogP contribution in [-0.4, -0.2) is 60.8 Å². The molecule has 1 aliphatic rings. The van der Waals surface area contributed by atoms with Gasteiger partial charge in [0.25, 0.3) is 5.91 Å². The summed E-state index contributed by atoms with van der Waals surface area (Å²) in [7, 11) is 0. The van der Waals surface area contributed by atoms with Gasteiger partial charge in [-0.15, -0.1) is 0 Å². The molecule has 20 heavy (non-hydrogen) atoms. The monoisotopic (exact) mass is 298 g/mol. The zero-order valence-corrected chi connectivity index (χ0v) is 11.9. The number of nitrogens with zero attached hydrogens (tertiary/aromatic N) is 1. The van der Waals surface area contributed by atoms with Gasteiger partial charge in [-0.25, -0.2) is 0 Å². The van der Waals surface area contributed by atoms with Crippen molar-refractivity contribution in [3.63, 3.8) is 0 Å². The summed E-state index contributed by atoms with van der Waals surface area (Å²) in [5.74, 6) is -0.188. The molecule has 1 aliphatic heterocycles. The van der Waals surface area contributed by atoms with Gasteiger partial charge in [0.05, 0.1) is 19.3 Å². The zero-order valence-electron chi connectivity index (χ0n) is 11.1. The Bertz CT molecular complexity index is 449. The first-order valence-electron chi connectivity index (χ1n) is 6.51. The first-order chi connectivity index (χ1) is 9.70. The van der Waals surface area contributed by atoms with E-state index in [1.807, 2.05) is 5.38 Å². The van der Waals surface area contributed by atoms with Crippen LogP contribution < -0.4 is 5.32 Å². The molecular formula is C13H18N2O4S. The molecule has 2 amide bonds. The molecule has 0 saturated carbocycles. The summed E-state index contributed by atoms with van der Waals surface area (Å²) in [5.41, 5.74) is 0.620. The van der Waals surface area contributed by atoms with Crippen molar-refractivity contribution in [2.24, 2.45) is 0 Å². The fraction of sp³-hybridized carbons (Fsp3) is 0.538. The van der Waals surface area contributed by atoms with Crippen molar-refractivity contribution < 1.29 is 19.4 Å². The topological polar surface area (TPSA) is 78.9 Å². The Morgan fingerprint density at radius 1 is 1.55 bits per heavy atom. The van der Waals surface area contributed by atoms with Crippen LogP contribution >= 0.6 is 11.3 Å². The molecule has 1 aromatic rings. The van der Waals surface area contributed by atoms with Crippen LogP contribution in [0.1, 0.15) is 16.8 Å². The summed E-state index contributed by atoms with van der Waals surface area (Å²) in [6.07, 6.45) is -0.0401. The average molecular weight is 298 g/mol.